The molecular formula is C15H18N6O3. The molecule has 1 aliphatic heterocycles. The number of likely N-dealkylation sites (tertiary alicyclic amines) is 1. The molecule has 24 heavy (non-hydrogen) atoms. The third kappa shape index (κ3) is 2.71. The predicted octanol–water partition coefficient (Wildman–Crippen LogP) is 0.498. The van der Waals surface area contributed by atoms with E-state index in [1.54, 1.807) is 4.90 Å². The summed E-state index contributed by atoms with van der Waals surface area (Å²) >= 11 is 0. The molecule has 0 radical (unpaired) electrons. The number of fused-ring (bicyclic) bond motifs is 1. The second kappa shape index (κ2) is 6.31. The third-order valence-electron chi connectivity index (χ3n) is 4.60. The molecule has 2 aromatic heterocycles. The molecule has 3 heterocycles. The maximum Gasteiger partial charge on any atom is 0.370 e. The number of anilines is 1. The Morgan fingerprint density at radius 3 is 3.12 bits per heavy atom. The van der Waals surface area contributed by atoms with Crippen LogP contribution in [0.5, 0.6) is 0 Å². The van der Waals surface area contributed by atoms with E-state index in [2.05, 4.69) is 22.0 Å². The molecule has 1 fully saturated rings. The highest BCUT2D eigenvalue weighted by Gasteiger charge is 2.33. The Morgan fingerprint density at radius 1 is 1.58 bits per heavy atom. The number of nitriles is 1. The van der Waals surface area contributed by atoms with Gasteiger partial charge in [0.05, 0.1) is 12.1 Å². The number of nitrogens with one attached hydrogen (secondary N) is 1. The maximum absolute atomic E-state index is 12.0. The fraction of sp³-hybridized carbons (Fsp3) is 0.533. The van der Waals surface area contributed by atoms with Gasteiger partial charge in [-0.3, -0.25) is 4.79 Å². The first-order valence-corrected chi connectivity index (χ1v) is 7.72. The number of carbonyl (C=O) groups is 1. The lowest BCUT2D eigenvalue weighted by Gasteiger charge is -2.42. The zero-order chi connectivity index (χ0) is 17.3. The molecule has 1 aliphatic rings. The summed E-state index contributed by atoms with van der Waals surface area (Å²) in [5, 5.41) is 11.5. The highest BCUT2D eigenvalue weighted by molar-refractivity contribution is 5.85. The van der Waals surface area contributed by atoms with E-state index in [9.17, 15) is 9.59 Å². The summed E-state index contributed by atoms with van der Waals surface area (Å²) in [6.07, 6.45) is 2.07. The number of H-pyrrole nitrogens is 1. The van der Waals surface area contributed by atoms with Crippen LogP contribution in [-0.2, 0) is 4.79 Å². The number of amides is 1. The molecule has 9 heteroatoms. The molecule has 0 unspecified atom stereocenters. The second-order valence-corrected chi connectivity index (χ2v) is 6.03. The van der Waals surface area contributed by atoms with Crippen LogP contribution in [0, 0.1) is 17.2 Å². The Bertz CT molecular complexity index is 851. The van der Waals surface area contributed by atoms with E-state index in [1.165, 1.54) is 6.33 Å². The van der Waals surface area contributed by atoms with Crippen molar-refractivity contribution in [3.8, 4) is 6.07 Å². The molecule has 2 atom stereocenters. The molecule has 1 amide bonds. The average molecular weight is 330 g/mol. The monoisotopic (exact) mass is 330 g/mol. The van der Waals surface area contributed by atoms with Crippen LogP contribution in [0.3, 0.4) is 0 Å². The number of aromatic nitrogens is 3. The summed E-state index contributed by atoms with van der Waals surface area (Å²) < 4.78 is 4.80. The fourth-order valence-corrected chi connectivity index (χ4v) is 3.17. The van der Waals surface area contributed by atoms with Gasteiger partial charge in [0.2, 0.25) is 5.91 Å². The highest BCUT2D eigenvalue weighted by atomic mass is 16.5. The molecule has 0 spiro atoms. The second-order valence-electron chi connectivity index (χ2n) is 6.03. The number of likely N-dealkylation sites (N-methyl/N-ethyl adjacent to an activating group) is 1. The van der Waals surface area contributed by atoms with Gasteiger partial charge in [-0.05, 0) is 12.3 Å². The minimum Gasteiger partial charge on any atom is -0.354 e. The lowest BCUT2D eigenvalue weighted by molar-refractivity contribution is -0.131. The largest absolute Gasteiger partial charge is 0.370 e. The zero-order valence-electron chi connectivity index (χ0n) is 13.5. The van der Waals surface area contributed by atoms with Crippen molar-refractivity contribution in [2.75, 3.05) is 25.0 Å². The van der Waals surface area contributed by atoms with Crippen LogP contribution < -0.4 is 10.5 Å². The molecular weight excluding hydrogens is 312 g/mol. The molecule has 0 aromatic carbocycles. The van der Waals surface area contributed by atoms with Crippen molar-refractivity contribution in [1.82, 2.24) is 20.0 Å². The summed E-state index contributed by atoms with van der Waals surface area (Å²) in [6.45, 7) is 3.22. The van der Waals surface area contributed by atoms with E-state index in [4.69, 9.17) is 9.78 Å². The van der Waals surface area contributed by atoms with E-state index >= 15 is 0 Å². The van der Waals surface area contributed by atoms with E-state index in [0.29, 0.717) is 35.9 Å². The number of hydrogen-bond acceptors (Lipinski definition) is 7. The smallest absolute Gasteiger partial charge is 0.354 e. The van der Waals surface area contributed by atoms with Gasteiger partial charge in [0, 0.05) is 20.1 Å². The van der Waals surface area contributed by atoms with Crippen LogP contribution in [-0.4, -0.2) is 52.1 Å². The van der Waals surface area contributed by atoms with Crippen LogP contribution in [0.25, 0.3) is 11.0 Å². The standard InChI is InChI=1S/C15H18N6O3/c1-9-4-6-21(11(22)3-5-16)7-10(9)20(2)14-12-13(17-8-18-14)19-24-15(12)23/h8-10H,3-4,6-7H2,1-2H3,(H,17,18,19)/t9-,10+/m1/s1. The third-order valence-corrected chi connectivity index (χ3v) is 4.60. The molecule has 126 valence electrons. The van der Waals surface area contributed by atoms with Crippen LogP contribution in [0.15, 0.2) is 15.6 Å². The van der Waals surface area contributed by atoms with Crippen molar-refractivity contribution >= 4 is 22.8 Å². The van der Waals surface area contributed by atoms with Crippen LogP contribution in [0.4, 0.5) is 5.82 Å². The highest BCUT2D eigenvalue weighted by Crippen LogP contribution is 2.27. The number of carbonyl (C=O) groups excluding carboxylic acids is 1. The molecule has 0 bridgehead atoms. The fourth-order valence-electron chi connectivity index (χ4n) is 3.17. The number of hydrogen-bond donors (Lipinski definition) is 1. The molecule has 0 aliphatic carbocycles. The minimum atomic E-state index is -0.520. The quantitative estimate of drug-likeness (QED) is 0.870. The summed E-state index contributed by atoms with van der Waals surface area (Å²) in [5.41, 5.74) is -0.175. The van der Waals surface area contributed by atoms with Crippen molar-refractivity contribution in [1.29, 1.82) is 5.26 Å². The van der Waals surface area contributed by atoms with Crippen LogP contribution in [0.1, 0.15) is 19.8 Å². The lowest BCUT2D eigenvalue weighted by Crippen LogP contribution is -2.52. The van der Waals surface area contributed by atoms with Gasteiger partial charge < -0.3 is 14.3 Å². The Morgan fingerprint density at radius 2 is 2.38 bits per heavy atom. The van der Waals surface area contributed by atoms with Crippen LogP contribution >= 0.6 is 0 Å². The average Bonchev–Trinajstić information content (AvgIpc) is 2.96. The summed E-state index contributed by atoms with van der Waals surface area (Å²) in [7, 11) is 1.84. The minimum absolute atomic E-state index is 0.0196. The number of rotatable bonds is 3. The number of piperidine rings is 1. The molecule has 1 saturated heterocycles. The first-order valence-electron chi connectivity index (χ1n) is 7.72. The van der Waals surface area contributed by atoms with E-state index < -0.39 is 5.63 Å². The predicted molar refractivity (Wildman–Crippen MR) is 85.2 cm³/mol. The van der Waals surface area contributed by atoms with E-state index in [0.717, 1.165) is 6.42 Å². The van der Waals surface area contributed by atoms with Crippen LogP contribution in [0.2, 0.25) is 0 Å². The maximum atomic E-state index is 12.0. The topological polar surface area (TPSA) is 119 Å². The van der Waals surface area contributed by atoms with E-state index in [-0.39, 0.29) is 18.4 Å². The summed E-state index contributed by atoms with van der Waals surface area (Å²) in [4.78, 5) is 35.8. The SMILES string of the molecule is C[C@@H]1CCN(C(=O)CC#N)C[C@@H]1N(C)c1ncnc2[nH]oc(=O)c12. The normalized spacial score (nSPS) is 20.8. The summed E-state index contributed by atoms with van der Waals surface area (Å²) in [6, 6.07) is 1.88. The molecule has 9 nitrogen and oxygen atoms in total. The first kappa shape index (κ1) is 16.0. The Kier molecular flexibility index (Phi) is 4.20. The summed E-state index contributed by atoms with van der Waals surface area (Å²) in [5.74, 6) is 0.607. The van der Waals surface area contributed by atoms with Gasteiger partial charge in [-0.15, -0.1) is 0 Å². The number of aromatic amines is 1. The Balaban J connectivity index is 1.91. The van der Waals surface area contributed by atoms with Gasteiger partial charge in [0.1, 0.15) is 24.0 Å². The van der Waals surface area contributed by atoms with E-state index in [1.807, 2.05) is 18.0 Å². The van der Waals surface area contributed by atoms with Crippen molar-refractivity contribution in [3.63, 3.8) is 0 Å². The first-order chi connectivity index (χ1) is 11.5. The van der Waals surface area contributed by atoms with Gasteiger partial charge >= 0.3 is 5.63 Å². The number of nitrogens with zero attached hydrogens (tertiary/aromatic N) is 5. The zero-order valence-corrected chi connectivity index (χ0v) is 13.5. The van der Waals surface area contributed by atoms with Gasteiger partial charge in [0.25, 0.3) is 0 Å². The molecule has 2 aromatic rings. The van der Waals surface area contributed by atoms with Gasteiger partial charge in [-0.25, -0.2) is 14.8 Å². The lowest BCUT2D eigenvalue weighted by atomic mass is 9.92. The molecule has 3 rings (SSSR count). The van der Waals surface area contributed by atoms with Crippen molar-refractivity contribution in [3.05, 3.63) is 16.7 Å². The molecule has 0 saturated carbocycles. The molecule has 1 N–H and O–H groups in total. The van der Waals surface area contributed by atoms with Crippen molar-refractivity contribution in [2.24, 2.45) is 5.92 Å². The van der Waals surface area contributed by atoms with Crippen molar-refractivity contribution in [2.45, 2.75) is 25.8 Å². The van der Waals surface area contributed by atoms with Crippen molar-refractivity contribution < 1.29 is 9.32 Å². The Labute approximate surface area is 137 Å². The van der Waals surface area contributed by atoms with Gasteiger partial charge in [0.15, 0.2) is 5.65 Å². The van der Waals surface area contributed by atoms with Gasteiger partial charge in [-0.2, -0.15) is 10.4 Å². The Hall–Kier alpha value is -2.89. The van der Waals surface area contributed by atoms with Gasteiger partial charge in [-0.1, -0.05) is 6.92 Å².